The van der Waals surface area contributed by atoms with Gasteiger partial charge in [0.25, 0.3) is 5.91 Å². The normalized spacial score (nSPS) is 11.1. The Morgan fingerprint density at radius 3 is 2.04 bits per heavy atom. The van der Waals surface area contributed by atoms with Crippen molar-refractivity contribution in [3.8, 4) is 0 Å². The van der Waals surface area contributed by atoms with Crippen molar-refractivity contribution in [2.75, 3.05) is 5.32 Å². The summed E-state index contributed by atoms with van der Waals surface area (Å²) < 4.78 is 0. The van der Waals surface area contributed by atoms with Crippen molar-refractivity contribution < 1.29 is 14.8 Å². The molecule has 0 unspecified atom stereocenters. The number of nitro groups is 1. The van der Waals surface area contributed by atoms with Crippen LogP contribution in [0.1, 0.15) is 11.1 Å². The van der Waals surface area contributed by atoms with Crippen molar-refractivity contribution in [3.63, 3.8) is 0 Å². The largest absolute Gasteiger partial charge is 0.376 e. The van der Waals surface area contributed by atoms with Gasteiger partial charge in [-0.25, -0.2) is 0 Å². The fourth-order valence-corrected chi connectivity index (χ4v) is 3.04. The number of hydrogen-bond donors (Lipinski definition) is 2. The Morgan fingerprint density at radius 1 is 1.08 bits per heavy atom. The summed E-state index contributed by atoms with van der Waals surface area (Å²) in [6.45, 7) is 0. The number of rotatable bonds is 5. The van der Waals surface area contributed by atoms with Crippen LogP contribution >= 0.6 is 11.3 Å². The molecule has 3 aromatic rings. The van der Waals surface area contributed by atoms with Crippen molar-refractivity contribution in [2.24, 2.45) is 0 Å². The van der Waals surface area contributed by atoms with E-state index in [0.717, 1.165) is 11.3 Å². The third kappa shape index (κ3) is 3.25. The van der Waals surface area contributed by atoms with Gasteiger partial charge < -0.3 is 15.2 Å². The van der Waals surface area contributed by atoms with Gasteiger partial charge in [0, 0.05) is 0 Å². The van der Waals surface area contributed by atoms with Crippen LogP contribution in [0, 0.1) is 10.1 Å². The Kier molecular flexibility index (Phi) is 4.55. The number of benzene rings is 2. The Labute approximate surface area is 146 Å². The average molecular weight is 355 g/mol. The lowest BCUT2D eigenvalue weighted by Gasteiger charge is -2.27. The molecular weight excluding hydrogens is 342 g/mol. The SMILES string of the molecule is O=C(Nc1nc([N+](=O)[O-])cs1)C(O)(c1ccccc1)c1ccccc1. The smallest absolute Gasteiger partial charge is 0.372 e. The molecule has 1 heterocycles. The molecule has 0 aliphatic carbocycles. The van der Waals surface area contributed by atoms with Gasteiger partial charge in [0.1, 0.15) is 0 Å². The fourth-order valence-electron chi connectivity index (χ4n) is 2.38. The number of aromatic nitrogens is 1. The number of nitrogens with one attached hydrogen (secondary N) is 1. The Morgan fingerprint density at radius 2 is 1.60 bits per heavy atom. The van der Waals surface area contributed by atoms with Crippen LogP contribution in [0.3, 0.4) is 0 Å². The second kappa shape index (κ2) is 6.80. The van der Waals surface area contributed by atoms with Crippen molar-refractivity contribution in [2.45, 2.75) is 5.60 Å². The van der Waals surface area contributed by atoms with Gasteiger partial charge in [-0.2, -0.15) is 0 Å². The van der Waals surface area contributed by atoms with Crippen LogP contribution in [0.25, 0.3) is 0 Å². The zero-order chi connectivity index (χ0) is 17.9. The van der Waals surface area contributed by atoms with Crippen LogP contribution in [-0.2, 0) is 10.4 Å². The molecule has 0 aliphatic heterocycles. The lowest BCUT2D eigenvalue weighted by molar-refractivity contribution is -0.389. The highest BCUT2D eigenvalue weighted by atomic mass is 32.1. The Hall–Kier alpha value is -3.10. The first-order valence-corrected chi connectivity index (χ1v) is 8.14. The first-order chi connectivity index (χ1) is 12.0. The van der Waals surface area contributed by atoms with E-state index in [4.69, 9.17) is 0 Å². The highest BCUT2D eigenvalue weighted by Crippen LogP contribution is 2.32. The zero-order valence-corrected chi connectivity index (χ0v) is 13.6. The molecule has 0 spiro atoms. The maximum atomic E-state index is 12.9. The molecule has 0 bridgehead atoms. The number of carbonyl (C=O) groups is 1. The van der Waals surface area contributed by atoms with Gasteiger partial charge in [-0.05, 0) is 21.0 Å². The van der Waals surface area contributed by atoms with Gasteiger partial charge in [-0.1, -0.05) is 72.0 Å². The molecule has 0 saturated carbocycles. The van der Waals surface area contributed by atoms with Gasteiger partial charge in [0.15, 0.2) is 5.60 Å². The second-order valence-corrected chi connectivity index (χ2v) is 6.02. The summed E-state index contributed by atoms with van der Waals surface area (Å²) in [6.07, 6.45) is 0. The first kappa shape index (κ1) is 16.7. The number of nitrogens with zero attached hydrogens (tertiary/aromatic N) is 2. The monoisotopic (exact) mass is 355 g/mol. The summed E-state index contributed by atoms with van der Waals surface area (Å²) in [4.78, 5) is 26.7. The van der Waals surface area contributed by atoms with E-state index in [0.29, 0.717) is 11.1 Å². The summed E-state index contributed by atoms with van der Waals surface area (Å²) in [5.74, 6) is -1.10. The molecule has 1 amide bonds. The lowest BCUT2D eigenvalue weighted by Crippen LogP contribution is -2.41. The van der Waals surface area contributed by atoms with Gasteiger partial charge in [0.2, 0.25) is 0 Å². The van der Waals surface area contributed by atoms with E-state index in [-0.39, 0.29) is 10.9 Å². The van der Waals surface area contributed by atoms with E-state index in [1.165, 1.54) is 5.38 Å². The molecule has 0 saturated heterocycles. The second-order valence-electron chi connectivity index (χ2n) is 5.16. The maximum absolute atomic E-state index is 12.9. The van der Waals surface area contributed by atoms with Crippen LogP contribution in [0.4, 0.5) is 10.9 Å². The minimum Gasteiger partial charge on any atom is -0.372 e. The van der Waals surface area contributed by atoms with E-state index < -0.39 is 16.4 Å². The highest BCUT2D eigenvalue weighted by Gasteiger charge is 2.40. The summed E-state index contributed by atoms with van der Waals surface area (Å²) in [5.41, 5.74) is -1.20. The van der Waals surface area contributed by atoms with Gasteiger partial charge in [0.05, 0.1) is 5.38 Å². The van der Waals surface area contributed by atoms with Crippen LogP contribution in [0.2, 0.25) is 0 Å². The molecular formula is C17H13N3O4S. The molecule has 2 aromatic carbocycles. The minimum atomic E-state index is -1.96. The fraction of sp³-hybridized carbons (Fsp3) is 0.0588. The molecule has 0 fully saturated rings. The first-order valence-electron chi connectivity index (χ1n) is 7.26. The molecule has 8 heteroatoms. The number of amides is 1. The van der Waals surface area contributed by atoms with E-state index in [1.54, 1.807) is 60.7 Å². The number of aliphatic hydroxyl groups is 1. The topological polar surface area (TPSA) is 105 Å². The van der Waals surface area contributed by atoms with Crippen LogP contribution in [-0.4, -0.2) is 20.9 Å². The molecule has 126 valence electrons. The van der Waals surface area contributed by atoms with Crippen molar-refractivity contribution >= 4 is 28.2 Å². The molecule has 0 aliphatic rings. The molecule has 2 N–H and O–H groups in total. The van der Waals surface area contributed by atoms with Crippen molar-refractivity contribution in [3.05, 3.63) is 87.3 Å². The van der Waals surface area contributed by atoms with Crippen LogP contribution in [0.5, 0.6) is 0 Å². The number of carbonyl (C=O) groups excluding carboxylic acids is 1. The van der Waals surface area contributed by atoms with Crippen molar-refractivity contribution in [1.29, 1.82) is 0 Å². The molecule has 25 heavy (non-hydrogen) atoms. The number of thiazole rings is 1. The standard InChI is InChI=1S/C17H13N3O4S/c21-15(19-16-18-14(11-25-16)20(23)24)17(22,12-7-3-1-4-8-12)13-9-5-2-6-10-13/h1-11,22H,(H,18,19,21). The summed E-state index contributed by atoms with van der Waals surface area (Å²) in [6, 6.07) is 16.9. The quantitative estimate of drug-likeness (QED) is 0.541. The summed E-state index contributed by atoms with van der Waals surface area (Å²) in [5, 5.41) is 25.7. The van der Waals surface area contributed by atoms with Crippen LogP contribution in [0.15, 0.2) is 66.0 Å². The maximum Gasteiger partial charge on any atom is 0.376 e. The molecule has 1 aromatic heterocycles. The zero-order valence-electron chi connectivity index (χ0n) is 12.8. The van der Waals surface area contributed by atoms with Crippen molar-refractivity contribution in [1.82, 2.24) is 4.98 Å². The predicted molar refractivity (Wildman–Crippen MR) is 93.3 cm³/mol. The minimum absolute atomic E-state index is 0.0435. The molecule has 0 atom stereocenters. The lowest BCUT2D eigenvalue weighted by atomic mass is 9.85. The van der Waals surface area contributed by atoms with E-state index >= 15 is 0 Å². The number of hydrogen-bond acceptors (Lipinski definition) is 6. The molecule has 7 nitrogen and oxygen atoms in total. The Bertz CT molecular complexity index is 857. The van der Waals surface area contributed by atoms with Gasteiger partial charge >= 0.3 is 10.9 Å². The summed E-state index contributed by atoms with van der Waals surface area (Å²) in [7, 11) is 0. The third-order valence-corrected chi connectivity index (χ3v) is 4.36. The number of anilines is 1. The molecule has 0 radical (unpaired) electrons. The summed E-state index contributed by atoms with van der Waals surface area (Å²) >= 11 is 0.917. The average Bonchev–Trinajstić information content (AvgIpc) is 3.11. The van der Waals surface area contributed by atoms with E-state index in [1.807, 2.05) is 0 Å². The predicted octanol–water partition coefficient (Wildman–Crippen LogP) is 2.93. The third-order valence-electron chi connectivity index (χ3n) is 3.61. The van der Waals surface area contributed by atoms with E-state index in [2.05, 4.69) is 10.3 Å². The van der Waals surface area contributed by atoms with Gasteiger partial charge in [-0.15, -0.1) is 0 Å². The van der Waals surface area contributed by atoms with E-state index in [9.17, 15) is 20.0 Å². The van der Waals surface area contributed by atoms with Gasteiger partial charge in [-0.3, -0.25) is 10.1 Å². The Balaban J connectivity index is 1.99. The highest BCUT2D eigenvalue weighted by molar-refractivity contribution is 7.14. The van der Waals surface area contributed by atoms with Crippen LogP contribution < -0.4 is 5.32 Å². The molecule has 3 rings (SSSR count).